The van der Waals surface area contributed by atoms with E-state index in [0.717, 1.165) is 5.56 Å². The zero-order valence-corrected chi connectivity index (χ0v) is 13.6. The fraction of sp³-hybridized carbons (Fsp3) is 0.0588. The van der Waals surface area contributed by atoms with Crippen molar-refractivity contribution < 1.29 is 14.1 Å². The predicted octanol–water partition coefficient (Wildman–Crippen LogP) is 4.04. The van der Waals surface area contributed by atoms with Gasteiger partial charge in [0.15, 0.2) is 5.13 Å². The molecule has 1 heterocycles. The molecule has 0 aliphatic carbocycles. The van der Waals surface area contributed by atoms with E-state index in [1.54, 1.807) is 29.6 Å². The van der Waals surface area contributed by atoms with Gasteiger partial charge in [0.25, 0.3) is 5.69 Å². The Labute approximate surface area is 146 Å². The highest BCUT2D eigenvalue weighted by Gasteiger charge is 2.10. The molecule has 0 aliphatic rings. The summed E-state index contributed by atoms with van der Waals surface area (Å²) in [5, 5.41) is 15.5. The predicted molar refractivity (Wildman–Crippen MR) is 92.9 cm³/mol. The third kappa shape index (κ3) is 4.24. The lowest BCUT2D eigenvalue weighted by Crippen LogP contribution is -2.14. The molecule has 8 heteroatoms. The zero-order valence-electron chi connectivity index (χ0n) is 12.8. The number of non-ortho nitro benzene ring substituents is 1. The molecule has 0 saturated carbocycles. The molecule has 126 valence electrons. The van der Waals surface area contributed by atoms with Gasteiger partial charge in [0.2, 0.25) is 5.91 Å². The summed E-state index contributed by atoms with van der Waals surface area (Å²) in [6.07, 6.45) is 0.118. The SMILES string of the molecule is O=C(Cc1ccc(F)cc1)Nc1nc(-c2ccc([N+](=O)[O-])cc2)cs1. The van der Waals surface area contributed by atoms with Crippen LogP contribution in [0.1, 0.15) is 5.56 Å². The normalized spacial score (nSPS) is 10.4. The number of carbonyl (C=O) groups excluding carboxylic acids is 1. The van der Waals surface area contributed by atoms with E-state index in [2.05, 4.69) is 10.3 Å². The molecule has 1 aromatic heterocycles. The minimum absolute atomic E-state index is 0.00630. The van der Waals surface area contributed by atoms with Gasteiger partial charge < -0.3 is 5.32 Å². The third-order valence-corrected chi connectivity index (χ3v) is 4.16. The number of nitrogens with zero attached hydrogens (tertiary/aromatic N) is 2. The number of hydrogen-bond acceptors (Lipinski definition) is 5. The summed E-state index contributed by atoms with van der Waals surface area (Å²) in [5.41, 5.74) is 2.05. The lowest BCUT2D eigenvalue weighted by Gasteiger charge is -2.02. The summed E-state index contributed by atoms with van der Waals surface area (Å²) in [5.74, 6) is -0.604. The highest BCUT2D eigenvalue weighted by atomic mass is 32.1. The van der Waals surface area contributed by atoms with Crippen LogP contribution in [0.4, 0.5) is 15.2 Å². The van der Waals surface area contributed by atoms with Crippen molar-refractivity contribution in [3.05, 3.63) is 75.4 Å². The summed E-state index contributed by atoms with van der Waals surface area (Å²) in [4.78, 5) is 26.5. The first-order valence-electron chi connectivity index (χ1n) is 7.26. The summed E-state index contributed by atoms with van der Waals surface area (Å²) in [6, 6.07) is 11.7. The van der Waals surface area contributed by atoms with Crippen LogP contribution in [0, 0.1) is 15.9 Å². The van der Waals surface area contributed by atoms with Crippen molar-refractivity contribution in [1.82, 2.24) is 4.98 Å². The molecule has 0 atom stereocenters. The zero-order chi connectivity index (χ0) is 17.8. The largest absolute Gasteiger partial charge is 0.302 e. The number of halogens is 1. The van der Waals surface area contributed by atoms with Gasteiger partial charge in [0.05, 0.1) is 17.0 Å². The standard InChI is InChI=1S/C17H12FN3O3S/c18-13-5-1-11(2-6-13)9-16(22)20-17-19-15(10-25-17)12-3-7-14(8-4-12)21(23)24/h1-8,10H,9H2,(H,19,20,22). The number of thiazole rings is 1. The Kier molecular flexibility index (Phi) is 4.80. The van der Waals surface area contributed by atoms with Gasteiger partial charge >= 0.3 is 0 Å². The molecular formula is C17H12FN3O3S. The molecule has 3 aromatic rings. The number of anilines is 1. The Hall–Kier alpha value is -3.13. The number of hydrogen-bond donors (Lipinski definition) is 1. The minimum Gasteiger partial charge on any atom is -0.302 e. The number of benzene rings is 2. The maximum atomic E-state index is 12.9. The number of amides is 1. The van der Waals surface area contributed by atoms with Crippen LogP contribution in [0.2, 0.25) is 0 Å². The van der Waals surface area contributed by atoms with Gasteiger partial charge in [-0.1, -0.05) is 12.1 Å². The summed E-state index contributed by atoms with van der Waals surface area (Å²) >= 11 is 1.26. The second-order valence-electron chi connectivity index (χ2n) is 5.19. The second-order valence-corrected chi connectivity index (χ2v) is 6.05. The van der Waals surface area contributed by atoms with E-state index in [0.29, 0.717) is 16.4 Å². The van der Waals surface area contributed by atoms with E-state index in [9.17, 15) is 19.3 Å². The molecule has 3 rings (SSSR count). The number of nitro benzene ring substituents is 1. The van der Waals surface area contributed by atoms with Crippen molar-refractivity contribution >= 4 is 28.1 Å². The number of carbonyl (C=O) groups is 1. The van der Waals surface area contributed by atoms with E-state index < -0.39 is 4.92 Å². The van der Waals surface area contributed by atoms with Gasteiger partial charge in [-0.3, -0.25) is 14.9 Å². The van der Waals surface area contributed by atoms with E-state index in [1.807, 2.05) is 0 Å². The van der Waals surface area contributed by atoms with Crippen LogP contribution < -0.4 is 5.32 Å². The van der Waals surface area contributed by atoms with Crippen molar-refractivity contribution in [2.24, 2.45) is 0 Å². The second kappa shape index (κ2) is 7.18. The van der Waals surface area contributed by atoms with Crippen LogP contribution in [-0.2, 0) is 11.2 Å². The van der Waals surface area contributed by atoms with Crippen molar-refractivity contribution in [1.29, 1.82) is 0 Å². The van der Waals surface area contributed by atoms with Gasteiger partial charge in [-0.05, 0) is 29.8 Å². The molecule has 0 spiro atoms. The van der Waals surface area contributed by atoms with Crippen LogP contribution >= 0.6 is 11.3 Å². The Morgan fingerprint density at radius 1 is 1.16 bits per heavy atom. The van der Waals surface area contributed by atoms with Crippen LogP contribution in [0.15, 0.2) is 53.9 Å². The quantitative estimate of drug-likeness (QED) is 0.552. The lowest BCUT2D eigenvalue weighted by atomic mass is 10.1. The fourth-order valence-corrected chi connectivity index (χ4v) is 2.90. The first-order chi connectivity index (χ1) is 12.0. The Balaban J connectivity index is 1.65. The number of rotatable bonds is 5. The molecule has 0 bridgehead atoms. The Bertz CT molecular complexity index is 908. The molecule has 0 unspecified atom stereocenters. The van der Waals surface area contributed by atoms with Crippen LogP contribution in [0.25, 0.3) is 11.3 Å². The smallest absolute Gasteiger partial charge is 0.269 e. The minimum atomic E-state index is -0.466. The molecule has 6 nitrogen and oxygen atoms in total. The summed E-state index contributed by atoms with van der Waals surface area (Å²) < 4.78 is 12.9. The molecule has 2 aromatic carbocycles. The third-order valence-electron chi connectivity index (χ3n) is 3.40. The molecule has 0 radical (unpaired) electrons. The number of nitro groups is 1. The molecule has 0 saturated heterocycles. The van der Waals surface area contributed by atoms with Gasteiger partial charge in [-0.15, -0.1) is 11.3 Å². The maximum absolute atomic E-state index is 12.9. The number of nitrogens with one attached hydrogen (secondary N) is 1. The summed E-state index contributed by atoms with van der Waals surface area (Å²) in [7, 11) is 0. The van der Waals surface area contributed by atoms with Gasteiger partial charge in [0, 0.05) is 23.1 Å². The molecule has 1 amide bonds. The van der Waals surface area contributed by atoms with E-state index in [4.69, 9.17) is 0 Å². The van der Waals surface area contributed by atoms with Crippen molar-refractivity contribution in [2.75, 3.05) is 5.32 Å². The van der Waals surface area contributed by atoms with Gasteiger partial charge in [0.1, 0.15) is 5.82 Å². The van der Waals surface area contributed by atoms with E-state index >= 15 is 0 Å². The molecule has 0 fully saturated rings. The summed E-state index contributed by atoms with van der Waals surface area (Å²) in [6.45, 7) is 0. The average molecular weight is 357 g/mol. The van der Waals surface area contributed by atoms with Crippen LogP contribution in [0.5, 0.6) is 0 Å². The molecule has 0 aliphatic heterocycles. The average Bonchev–Trinajstić information content (AvgIpc) is 3.05. The monoisotopic (exact) mass is 357 g/mol. The van der Waals surface area contributed by atoms with Gasteiger partial charge in [-0.2, -0.15) is 0 Å². The van der Waals surface area contributed by atoms with Crippen molar-refractivity contribution in [3.63, 3.8) is 0 Å². The maximum Gasteiger partial charge on any atom is 0.269 e. The van der Waals surface area contributed by atoms with Crippen LogP contribution in [-0.4, -0.2) is 15.8 Å². The van der Waals surface area contributed by atoms with E-state index in [-0.39, 0.29) is 23.8 Å². The fourth-order valence-electron chi connectivity index (χ4n) is 2.17. The first-order valence-corrected chi connectivity index (χ1v) is 8.14. The topological polar surface area (TPSA) is 85.1 Å². The highest BCUT2D eigenvalue weighted by Crippen LogP contribution is 2.26. The van der Waals surface area contributed by atoms with Gasteiger partial charge in [-0.25, -0.2) is 9.37 Å². The van der Waals surface area contributed by atoms with Crippen molar-refractivity contribution in [2.45, 2.75) is 6.42 Å². The molecule has 1 N–H and O–H groups in total. The Morgan fingerprint density at radius 3 is 2.48 bits per heavy atom. The first kappa shape index (κ1) is 16.7. The van der Waals surface area contributed by atoms with Crippen LogP contribution in [0.3, 0.4) is 0 Å². The van der Waals surface area contributed by atoms with E-state index in [1.165, 1.54) is 35.6 Å². The highest BCUT2D eigenvalue weighted by molar-refractivity contribution is 7.14. The lowest BCUT2D eigenvalue weighted by molar-refractivity contribution is -0.384. The Morgan fingerprint density at radius 2 is 1.84 bits per heavy atom. The number of aromatic nitrogens is 1. The molecule has 25 heavy (non-hydrogen) atoms. The van der Waals surface area contributed by atoms with Crippen molar-refractivity contribution in [3.8, 4) is 11.3 Å². The molecular weight excluding hydrogens is 345 g/mol.